The normalized spacial score (nSPS) is 11.4. The molecule has 0 atom stereocenters. The molecule has 2 rings (SSSR count). The Balaban J connectivity index is 2.48. The van der Waals surface area contributed by atoms with Gasteiger partial charge in [0.25, 0.3) is 10.0 Å². The molecule has 21 heavy (non-hydrogen) atoms. The molecule has 2 aromatic carbocycles. The Hall–Kier alpha value is -2.22. The monoisotopic (exact) mass is 316 g/mol. The van der Waals surface area contributed by atoms with E-state index in [0.29, 0.717) is 6.07 Å². The molecule has 0 amide bonds. The molecule has 4 nitrogen and oxygen atoms in total. The lowest BCUT2D eigenvalue weighted by Gasteiger charge is -2.12. The van der Waals surface area contributed by atoms with Crippen LogP contribution in [0.15, 0.2) is 35.2 Å². The summed E-state index contributed by atoms with van der Waals surface area (Å²) >= 11 is 0. The minimum atomic E-state index is -4.23. The third-order valence-electron chi connectivity index (χ3n) is 2.76. The molecule has 0 spiro atoms. The standard InChI is InChI=1S/C13H11F3N2O2S/c1-7-4-10(16)11(17)6-13(7)21(19,20)18-12-5-8(14)2-3-9(12)15/h2-6,18H,17H2,1H3. The maximum atomic E-state index is 13.5. The predicted molar refractivity (Wildman–Crippen MR) is 72.7 cm³/mol. The first-order valence-electron chi connectivity index (χ1n) is 5.74. The Morgan fingerprint density at radius 3 is 2.38 bits per heavy atom. The molecular formula is C13H11F3N2O2S. The topological polar surface area (TPSA) is 72.2 Å². The van der Waals surface area contributed by atoms with Crippen LogP contribution in [0.2, 0.25) is 0 Å². The number of rotatable bonds is 3. The summed E-state index contributed by atoms with van der Waals surface area (Å²) in [5.41, 5.74) is 4.52. The number of sulfonamides is 1. The van der Waals surface area contributed by atoms with Crippen molar-refractivity contribution >= 4 is 21.4 Å². The maximum absolute atomic E-state index is 13.5. The quantitative estimate of drug-likeness (QED) is 0.855. The number of halogens is 3. The SMILES string of the molecule is Cc1cc(F)c(N)cc1S(=O)(=O)Nc1cc(F)ccc1F. The Bertz CT molecular complexity index is 807. The van der Waals surface area contributed by atoms with Crippen LogP contribution in [0.5, 0.6) is 0 Å². The lowest BCUT2D eigenvalue weighted by Crippen LogP contribution is -2.16. The minimum absolute atomic E-state index is 0.0889. The molecule has 0 unspecified atom stereocenters. The van der Waals surface area contributed by atoms with Crippen LogP contribution in [-0.2, 0) is 10.0 Å². The Morgan fingerprint density at radius 2 is 1.71 bits per heavy atom. The number of hydrogen-bond acceptors (Lipinski definition) is 3. The van der Waals surface area contributed by atoms with Gasteiger partial charge in [0.05, 0.1) is 16.3 Å². The molecule has 2 aromatic rings. The number of nitrogens with two attached hydrogens (primary N) is 1. The lowest BCUT2D eigenvalue weighted by molar-refractivity contribution is 0.593. The van der Waals surface area contributed by atoms with Gasteiger partial charge < -0.3 is 5.73 Å². The largest absolute Gasteiger partial charge is 0.396 e. The number of nitrogen functional groups attached to an aromatic ring is 1. The van der Waals surface area contributed by atoms with Crippen LogP contribution in [0.4, 0.5) is 24.5 Å². The molecular weight excluding hydrogens is 305 g/mol. The van der Waals surface area contributed by atoms with Crippen LogP contribution in [-0.4, -0.2) is 8.42 Å². The van der Waals surface area contributed by atoms with Crippen LogP contribution in [0.3, 0.4) is 0 Å². The van der Waals surface area contributed by atoms with E-state index in [1.54, 1.807) is 0 Å². The third-order valence-corrected chi connectivity index (χ3v) is 4.26. The molecule has 0 heterocycles. The van der Waals surface area contributed by atoms with Crippen LogP contribution >= 0.6 is 0 Å². The molecule has 0 aromatic heterocycles. The highest BCUT2D eigenvalue weighted by molar-refractivity contribution is 7.92. The van der Waals surface area contributed by atoms with Gasteiger partial charge >= 0.3 is 0 Å². The third kappa shape index (κ3) is 3.10. The number of aryl methyl sites for hydroxylation is 1. The summed E-state index contributed by atoms with van der Waals surface area (Å²) in [6.45, 7) is 1.36. The molecule has 8 heteroatoms. The lowest BCUT2D eigenvalue weighted by atomic mass is 10.2. The van der Waals surface area contributed by atoms with Gasteiger partial charge in [-0.2, -0.15) is 0 Å². The first-order chi connectivity index (χ1) is 9.70. The highest BCUT2D eigenvalue weighted by Gasteiger charge is 2.20. The first kappa shape index (κ1) is 15.2. The molecule has 0 bridgehead atoms. The van der Waals surface area contributed by atoms with Crippen molar-refractivity contribution in [1.29, 1.82) is 0 Å². The predicted octanol–water partition coefficient (Wildman–Crippen LogP) is 2.80. The molecule has 0 aliphatic heterocycles. The summed E-state index contributed by atoms with van der Waals surface area (Å²) in [5, 5.41) is 0. The van der Waals surface area contributed by atoms with E-state index in [4.69, 9.17) is 5.73 Å². The fourth-order valence-electron chi connectivity index (χ4n) is 1.73. The van der Waals surface area contributed by atoms with E-state index >= 15 is 0 Å². The van der Waals surface area contributed by atoms with Gasteiger partial charge in [0.2, 0.25) is 0 Å². The van der Waals surface area contributed by atoms with E-state index in [0.717, 1.165) is 24.3 Å². The second-order valence-corrected chi connectivity index (χ2v) is 6.02. The van der Waals surface area contributed by atoms with Crippen LogP contribution in [0.1, 0.15) is 5.56 Å². The molecule has 0 radical (unpaired) electrons. The molecule has 0 saturated carbocycles. The van der Waals surface area contributed by atoms with Crippen molar-refractivity contribution in [3.63, 3.8) is 0 Å². The second-order valence-electron chi connectivity index (χ2n) is 4.37. The van der Waals surface area contributed by atoms with Crippen LogP contribution in [0, 0.1) is 24.4 Å². The van der Waals surface area contributed by atoms with E-state index in [9.17, 15) is 21.6 Å². The zero-order chi connectivity index (χ0) is 15.8. The fourth-order valence-corrected chi connectivity index (χ4v) is 3.05. The van der Waals surface area contributed by atoms with Crippen molar-refractivity contribution in [2.24, 2.45) is 0 Å². The van der Waals surface area contributed by atoms with Crippen LogP contribution in [0.25, 0.3) is 0 Å². The van der Waals surface area contributed by atoms with Gasteiger partial charge in [-0.15, -0.1) is 0 Å². The van der Waals surface area contributed by atoms with E-state index in [1.165, 1.54) is 6.92 Å². The summed E-state index contributed by atoms with van der Waals surface area (Å²) in [7, 11) is -4.23. The highest BCUT2D eigenvalue weighted by atomic mass is 32.2. The Labute approximate surface area is 119 Å². The summed E-state index contributed by atoms with van der Waals surface area (Å²) in [5.74, 6) is -2.50. The van der Waals surface area contributed by atoms with Crippen molar-refractivity contribution in [2.75, 3.05) is 10.5 Å². The van der Waals surface area contributed by atoms with Gasteiger partial charge in [-0.3, -0.25) is 4.72 Å². The van der Waals surface area contributed by atoms with E-state index in [2.05, 4.69) is 0 Å². The molecule has 0 saturated heterocycles. The van der Waals surface area contributed by atoms with Crippen molar-refractivity contribution in [1.82, 2.24) is 0 Å². The second kappa shape index (κ2) is 5.28. The van der Waals surface area contributed by atoms with Crippen molar-refractivity contribution in [3.8, 4) is 0 Å². The van der Waals surface area contributed by atoms with Gasteiger partial charge in [-0.1, -0.05) is 0 Å². The van der Waals surface area contributed by atoms with Gasteiger partial charge in [0, 0.05) is 6.07 Å². The Morgan fingerprint density at radius 1 is 1.05 bits per heavy atom. The number of benzene rings is 2. The number of nitrogens with one attached hydrogen (secondary N) is 1. The maximum Gasteiger partial charge on any atom is 0.262 e. The fraction of sp³-hybridized carbons (Fsp3) is 0.0769. The average molecular weight is 316 g/mol. The van der Waals surface area contributed by atoms with Crippen LogP contribution < -0.4 is 10.5 Å². The van der Waals surface area contributed by atoms with Crippen molar-refractivity contribution < 1.29 is 21.6 Å². The number of hydrogen-bond donors (Lipinski definition) is 2. The smallest absolute Gasteiger partial charge is 0.262 e. The summed E-state index contributed by atoms with van der Waals surface area (Å²) < 4.78 is 66.0. The van der Waals surface area contributed by atoms with Gasteiger partial charge in [-0.05, 0) is 36.8 Å². The molecule has 112 valence electrons. The van der Waals surface area contributed by atoms with Gasteiger partial charge in [-0.25, -0.2) is 21.6 Å². The molecule has 0 aliphatic rings. The Kier molecular flexibility index (Phi) is 3.82. The highest BCUT2D eigenvalue weighted by Crippen LogP contribution is 2.25. The first-order valence-corrected chi connectivity index (χ1v) is 7.22. The van der Waals surface area contributed by atoms with Gasteiger partial charge in [0.15, 0.2) is 0 Å². The number of anilines is 2. The van der Waals surface area contributed by atoms with Gasteiger partial charge in [0.1, 0.15) is 17.5 Å². The van der Waals surface area contributed by atoms with E-state index in [1.807, 2.05) is 4.72 Å². The summed E-state index contributed by atoms with van der Waals surface area (Å²) in [6.07, 6.45) is 0. The zero-order valence-electron chi connectivity index (χ0n) is 10.8. The minimum Gasteiger partial charge on any atom is -0.396 e. The van der Waals surface area contributed by atoms with Crippen molar-refractivity contribution in [3.05, 3.63) is 53.3 Å². The average Bonchev–Trinajstić information content (AvgIpc) is 2.37. The summed E-state index contributed by atoms with van der Waals surface area (Å²) in [4.78, 5) is -0.315. The molecule has 0 aliphatic carbocycles. The van der Waals surface area contributed by atoms with E-state index < -0.39 is 33.2 Å². The molecule has 0 fully saturated rings. The summed E-state index contributed by atoms with van der Waals surface area (Å²) in [6, 6.07) is 4.22. The molecule has 3 N–H and O–H groups in total. The van der Waals surface area contributed by atoms with Crippen molar-refractivity contribution in [2.45, 2.75) is 11.8 Å². The van der Waals surface area contributed by atoms with E-state index in [-0.39, 0.29) is 16.1 Å². The zero-order valence-corrected chi connectivity index (χ0v) is 11.6.